The molecule has 184 valence electrons. The fraction of sp³-hybridized carbons (Fsp3) is 0.0909. The average molecular weight is 597 g/mol. The van der Waals surface area contributed by atoms with E-state index in [2.05, 4.69) is 10.0 Å². The first-order valence-corrected chi connectivity index (χ1v) is 13.0. The number of sulfonamides is 1. The van der Waals surface area contributed by atoms with Crippen LogP contribution >= 0.6 is 58.0 Å². The normalized spacial score (nSPS) is 11.2. The van der Waals surface area contributed by atoms with Crippen LogP contribution in [0.4, 0.5) is 5.69 Å². The number of carbonyl (C=O) groups is 2. The number of anilines is 1. The summed E-state index contributed by atoms with van der Waals surface area (Å²) in [6, 6.07) is 12.6. The fourth-order valence-corrected chi connectivity index (χ4v) is 5.04. The van der Waals surface area contributed by atoms with Crippen LogP contribution in [0.25, 0.3) is 0 Å². The van der Waals surface area contributed by atoms with Gasteiger partial charge in [0.2, 0.25) is 10.0 Å². The molecule has 0 spiro atoms. The van der Waals surface area contributed by atoms with Crippen molar-refractivity contribution in [1.29, 1.82) is 0 Å². The van der Waals surface area contributed by atoms with E-state index in [0.717, 1.165) is 6.07 Å². The van der Waals surface area contributed by atoms with Gasteiger partial charge < -0.3 is 10.1 Å². The molecule has 7 nitrogen and oxygen atoms in total. The zero-order valence-electron chi connectivity index (χ0n) is 17.4. The molecule has 0 aliphatic heterocycles. The number of ether oxygens (including phenoxy) is 1. The highest BCUT2D eigenvalue weighted by molar-refractivity contribution is 7.89. The third kappa shape index (κ3) is 7.47. The van der Waals surface area contributed by atoms with E-state index in [1.165, 1.54) is 36.4 Å². The van der Waals surface area contributed by atoms with Gasteiger partial charge in [0.1, 0.15) is 4.90 Å². The Kier molecular flexibility index (Phi) is 9.28. The Morgan fingerprint density at radius 2 is 1.51 bits per heavy atom. The smallest absolute Gasteiger partial charge is 0.338 e. The van der Waals surface area contributed by atoms with Crippen molar-refractivity contribution in [3.8, 4) is 0 Å². The summed E-state index contributed by atoms with van der Waals surface area (Å²) in [6.07, 6.45) is 0. The van der Waals surface area contributed by atoms with Gasteiger partial charge in [-0.25, -0.2) is 17.9 Å². The summed E-state index contributed by atoms with van der Waals surface area (Å²) in [5.41, 5.74) is 0.716. The Morgan fingerprint density at radius 3 is 2.20 bits per heavy atom. The van der Waals surface area contributed by atoms with Gasteiger partial charge in [-0.1, -0.05) is 64.1 Å². The Morgan fingerprint density at radius 1 is 0.800 bits per heavy atom. The number of hydrogen-bond donors (Lipinski definition) is 2. The van der Waals surface area contributed by atoms with Crippen molar-refractivity contribution < 1.29 is 22.7 Å². The molecule has 0 bridgehead atoms. The van der Waals surface area contributed by atoms with Crippen molar-refractivity contribution in [3.05, 3.63) is 90.8 Å². The summed E-state index contributed by atoms with van der Waals surface area (Å²) in [7, 11) is -4.14. The minimum atomic E-state index is -4.14. The van der Waals surface area contributed by atoms with Gasteiger partial charge in [-0.3, -0.25) is 4.79 Å². The van der Waals surface area contributed by atoms with E-state index in [0.29, 0.717) is 21.3 Å². The van der Waals surface area contributed by atoms with Crippen LogP contribution in [0.15, 0.2) is 59.5 Å². The molecule has 0 saturated carbocycles. The van der Waals surface area contributed by atoms with Crippen molar-refractivity contribution in [3.63, 3.8) is 0 Å². The van der Waals surface area contributed by atoms with E-state index in [1.807, 2.05) is 0 Å². The lowest BCUT2D eigenvalue weighted by molar-refractivity contribution is -0.119. The van der Waals surface area contributed by atoms with Gasteiger partial charge in [0, 0.05) is 22.3 Å². The van der Waals surface area contributed by atoms with Gasteiger partial charge in [0.25, 0.3) is 5.91 Å². The summed E-state index contributed by atoms with van der Waals surface area (Å²) < 4.78 is 32.9. The molecule has 3 aromatic rings. The predicted molar refractivity (Wildman–Crippen MR) is 137 cm³/mol. The number of esters is 1. The van der Waals surface area contributed by atoms with E-state index >= 15 is 0 Å². The van der Waals surface area contributed by atoms with Crippen LogP contribution in [-0.2, 0) is 26.1 Å². The molecule has 0 heterocycles. The number of nitrogens with one attached hydrogen (secondary N) is 2. The largest absolute Gasteiger partial charge is 0.452 e. The molecule has 0 radical (unpaired) electrons. The molecule has 0 aliphatic rings. The number of halogens is 5. The van der Waals surface area contributed by atoms with E-state index in [9.17, 15) is 18.0 Å². The van der Waals surface area contributed by atoms with E-state index < -0.39 is 28.5 Å². The van der Waals surface area contributed by atoms with Gasteiger partial charge in [0.15, 0.2) is 6.61 Å². The van der Waals surface area contributed by atoms with E-state index in [4.69, 9.17) is 62.7 Å². The lowest BCUT2D eigenvalue weighted by atomic mass is 10.2. The number of amides is 1. The number of hydrogen-bond acceptors (Lipinski definition) is 5. The quantitative estimate of drug-likeness (QED) is 0.301. The molecule has 0 saturated heterocycles. The number of carbonyl (C=O) groups excluding carboxylic acids is 2. The summed E-state index contributed by atoms with van der Waals surface area (Å²) in [4.78, 5) is 24.2. The van der Waals surface area contributed by atoms with Crippen LogP contribution in [0, 0.1) is 0 Å². The maximum absolute atomic E-state index is 12.8. The standard InChI is InChI=1S/C22H15Cl5N2O5S/c23-14-3-1-13(18(26)8-14)10-28-35(32,33)20-7-12(2-5-17(20)25)22(31)34-11-21(30)29-15-4-6-16(24)19(27)9-15/h1-9,28H,10-11H2,(H,29,30). The van der Waals surface area contributed by atoms with Crippen molar-refractivity contribution in [2.45, 2.75) is 11.4 Å². The highest BCUT2D eigenvalue weighted by Gasteiger charge is 2.21. The van der Waals surface area contributed by atoms with Crippen LogP contribution in [0.1, 0.15) is 15.9 Å². The average Bonchev–Trinajstić information content (AvgIpc) is 2.79. The molecule has 2 N–H and O–H groups in total. The Labute approximate surface area is 226 Å². The van der Waals surface area contributed by atoms with Gasteiger partial charge in [-0.15, -0.1) is 0 Å². The monoisotopic (exact) mass is 594 g/mol. The van der Waals surface area contributed by atoms with Crippen LogP contribution < -0.4 is 10.0 Å². The minimum Gasteiger partial charge on any atom is -0.452 e. The molecule has 35 heavy (non-hydrogen) atoms. The number of benzene rings is 3. The molecular weight excluding hydrogens is 582 g/mol. The van der Waals surface area contributed by atoms with Crippen molar-refractivity contribution >= 4 is 85.6 Å². The molecule has 0 fully saturated rings. The van der Waals surface area contributed by atoms with Crippen LogP contribution in [0.3, 0.4) is 0 Å². The summed E-state index contributed by atoms with van der Waals surface area (Å²) in [6.45, 7) is -0.769. The zero-order chi connectivity index (χ0) is 25.8. The van der Waals surface area contributed by atoms with Crippen LogP contribution in [0.2, 0.25) is 25.1 Å². The Bertz CT molecular complexity index is 1400. The van der Waals surface area contributed by atoms with Crippen LogP contribution in [-0.4, -0.2) is 26.9 Å². The summed E-state index contributed by atoms with van der Waals surface area (Å²) in [5, 5.41) is 3.62. The topological polar surface area (TPSA) is 102 Å². The minimum absolute atomic E-state index is 0.117. The van der Waals surface area contributed by atoms with Crippen molar-refractivity contribution in [2.24, 2.45) is 0 Å². The first kappa shape index (κ1) is 27.5. The molecule has 3 aromatic carbocycles. The second-order valence-electron chi connectivity index (χ2n) is 6.96. The maximum Gasteiger partial charge on any atom is 0.338 e. The third-order valence-corrected chi connectivity index (χ3v) is 7.67. The predicted octanol–water partition coefficient (Wildman–Crippen LogP) is 6.23. The SMILES string of the molecule is O=C(COC(=O)c1ccc(Cl)c(S(=O)(=O)NCc2ccc(Cl)cc2Cl)c1)Nc1ccc(Cl)c(Cl)c1. The lowest BCUT2D eigenvalue weighted by Gasteiger charge is -2.11. The molecule has 0 atom stereocenters. The molecular formula is C22H15Cl5N2O5S. The third-order valence-electron chi connectivity index (χ3n) is 4.46. The fourth-order valence-electron chi connectivity index (χ4n) is 2.74. The van der Waals surface area contributed by atoms with Crippen LogP contribution in [0.5, 0.6) is 0 Å². The van der Waals surface area contributed by atoms with Gasteiger partial charge in [-0.2, -0.15) is 0 Å². The Hall–Kier alpha value is -2.04. The highest BCUT2D eigenvalue weighted by Crippen LogP contribution is 2.26. The van der Waals surface area contributed by atoms with E-state index in [-0.39, 0.29) is 32.1 Å². The van der Waals surface area contributed by atoms with Gasteiger partial charge >= 0.3 is 5.97 Å². The van der Waals surface area contributed by atoms with Gasteiger partial charge in [-0.05, 0) is 54.1 Å². The molecule has 1 amide bonds. The maximum atomic E-state index is 12.8. The molecule has 13 heteroatoms. The van der Waals surface area contributed by atoms with E-state index in [1.54, 1.807) is 12.1 Å². The number of rotatable bonds is 8. The first-order chi connectivity index (χ1) is 16.5. The summed E-state index contributed by atoms with van der Waals surface area (Å²) in [5.74, 6) is -1.57. The Balaban J connectivity index is 1.66. The van der Waals surface area contributed by atoms with Crippen molar-refractivity contribution in [2.75, 3.05) is 11.9 Å². The highest BCUT2D eigenvalue weighted by atomic mass is 35.5. The summed E-state index contributed by atoms with van der Waals surface area (Å²) >= 11 is 29.7. The molecule has 3 rings (SSSR count). The van der Waals surface area contributed by atoms with Gasteiger partial charge in [0.05, 0.1) is 20.6 Å². The lowest BCUT2D eigenvalue weighted by Crippen LogP contribution is -2.24. The molecule has 0 aromatic heterocycles. The second kappa shape index (κ2) is 11.8. The molecule has 0 aliphatic carbocycles. The second-order valence-corrected chi connectivity index (χ2v) is 10.8. The zero-order valence-corrected chi connectivity index (χ0v) is 22.0. The van der Waals surface area contributed by atoms with Crippen molar-refractivity contribution in [1.82, 2.24) is 4.72 Å². The molecule has 0 unspecified atom stereocenters. The first-order valence-electron chi connectivity index (χ1n) is 9.61.